The van der Waals surface area contributed by atoms with Crippen LogP contribution in [-0.2, 0) is 11.3 Å². The van der Waals surface area contributed by atoms with Crippen LogP contribution in [0.2, 0.25) is 0 Å². The maximum Gasteiger partial charge on any atom is 0.118 e. The monoisotopic (exact) mass is 286 g/mol. The molecule has 2 aromatic rings. The molecule has 2 aromatic carbocycles. The first-order valence-corrected chi connectivity index (χ1v) is 7.15. The van der Waals surface area contributed by atoms with Gasteiger partial charge in [0.2, 0.25) is 0 Å². The fourth-order valence-corrected chi connectivity index (χ4v) is 2.24. The molecular weight excluding hydrogens is 264 g/mol. The molecule has 3 nitrogen and oxygen atoms in total. The van der Waals surface area contributed by atoms with Crippen LogP contribution in [0, 0.1) is 5.92 Å². The van der Waals surface area contributed by atoms with Gasteiger partial charge in [-0.25, -0.2) is 0 Å². The molecule has 0 aromatic heterocycles. The Morgan fingerprint density at radius 2 is 1.67 bits per heavy atom. The fourth-order valence-electron chi connectivity index (χ4n) is 2.24. The van der Waals surface area contributed by atoms with Crippen molar-refractivity contribution in [3.05, 3.63) is 65.7 Å². The van der Waals surface area contributed by atoms with Crippen molar-refractivity contribution in [2.24, 2.45) is 5.92 Å². The summed E-state index contributed by atoms with van der Waals surface area (Å²) in [5.41, 5.74) is 2.18. The van der Waals surface area contributed by atoms with Gasteiger partial charge in [0.05, 0.1) is 19.8 Å². The highest BCUT2D eigenvalue weighted by atomic mass is 16.5. The number of methoxy groups -OCH3 is 1. The third-order valence-electron chi connectivity index (χ3n) is 3.52. The summed E-state index contributed by atoms with van der Waals surface area (Å²) in [4.78, 5) is 0. The van der Waals surface area contributed by atoms with E-state index in [0.717, 1.165) is 16.9 Å². The lowest BCUT2D eigenvalue weighted by molar-refractivity contribution is -0.0124. The molecule has 2 rings (SSSR count). The lowest BCUT2D eigenvalue weighted by Crippen LogP contribution is -2.17. The van der Waals surface area contributed by atoms with Crippen LogP contribution < -0.4 is 4.74 Å². The summed E-state index contributed by atoms with van der Waals surface area (Å²) in [6.07, 6.45) is -0.113. The third kappa shape index (κ3) is 4.31. The number of hydrogen-bond donors (Lipinski definition) is 1. The molecule has 0 amide bonds. The fraction of sp³-hybridized carbons (Fsp3) is 0.333. The van der Waals surface area contributed by atoms with Gasteiger partial charge in [-0.3, -0.25) is 0 Å². The van der Waals surface area contributed by atoms with Gasteiger partial charge in [0, 0.05) is 12.5 Å². The largest absolute Gasteiger partial charge is 0.497 e. The van der Waals surface area contributed by atoms with Gasteiger partial charge in [-0.1, -0.05) is 49.4 Å². The van der Waals surface area contributed by atoms with E-state index in [-0.39, 0.29) is 18.6 Å². The highest BCUT2D eigenvalue weighted by Crippen LogP contribution is 2.27. The summed E-state index contributed by atoms with van der Waals surface area (Å²) < 4.78 is 11.2. The minimum atomic E-state index is -0.113. The van der Waals surface area contributed by atoms with Crippen molar-refractivity contribution in [2.75, 3.05) is 13.7 Å². The van der Waals surface area contributed by atoms with E-state index in [2.05, 4.69) is 0 Å². The molecule has 0 aliphatic carbocycles. The highest BCUT2D eigenvalue weighted by Gasteiger charge is 2.19. The Morgan fingerprint density at radius 3 is 2.24 bits per heavy atom. The van der Waals surface area contributed by atoms with Crippen molar-refractivity contribution in [3.63, 3.8) is 0 Å². The first kappa shape index (κ1) is 15.5. The molecule has 0 aliphatic rings. The van der Waals surface area contributed by atoms with Gasteiger partial charge in [0.15, 0.2) is 0 Å². The number of ether oxygens (including phenoxy) is 2. The molecule has 112 valence electrons. The summed E-state index contributed by atoms with van der Waals surface area (Å²) in [7, 11) is 1.65. The third-order valence-corrected chi connectivity index (χ3v) is 3.52. The molecule has 0 fully saturated rings. The Labute approximate surface area is 126 Å². The van der Waals surface area contributed by atoms with Crippen LogP contribution in [0.25, 0.3) is 0 Å². The van der Waals surface area contributed by atoms with E-state index < -0.39 is 0 Å². The number of aliphatic hydroxyl groups excluding tert-OH is 1. The van der Waals surface area contributed by atoms with Crippen molar-refractivity contribution in [2.45, 2.75) is 19.6 Å². The maximum absolute atomic E-state index is 9.44. The normalized spacial score (nSPS) is 13.7. The zero-order chi connectivity index (χ0) is 15.1. The van der Waals surface area contributed by atoms with Gasteiger partial charge in [-0.15, -0.1) is 0 Å². The predicted molar refractivity (Wildman–Crippen MR) is 83.2 cm³/mol. The van der Waals surface area contributed by atoms with E-state index in [4.69, 9.17) is 9.47 Å². The lowest BCUT2D eigenvalue weighted by atomic mass is 9.98. The maximum atomic E-state index is 9.44. The number of rotatable bonds is 7. The average molecular weight is 286 g/mol. The Hall–Kier alpha value is -1.84. The molecule has 1 N–H and O–H groups in total. The minimum Gasteiger partial charge on any atom is -0.497 e. The number of aliphatic hydroxyl groups is 1. The van der Waals surface area contributed by atoms with E-state index in [1.165, 1.54) is 0 Å². The molecule has 0 aliphatic heterocycles. The van der Waals surface area contributed by atoms with Crippen LogP contribution in [0.15, 0.2) is 54.6 Å². The van der Waals surface area contributed by atoms with Crippen molar-refractivity contribution in [3.8, 4) is 5.75 Å². The molecule has 2 atom stereocenters. The quantitative estimate of drug-likeness (QED) is 0.845. The standard InChI is InChI=1S/C18H22O3/c1-14(12-19)18(16-6-4-3-5-7-16)21-13-15-8-10-17(20-2)11-9-15/h3-11,14,18-19H,12-13H2,1-2H3/t14-,18?/m1/s1. The highest BCUT2D eigenvalue weighted by molar-refractivity contribution is 5.27. The SMILES string of the molecule is COc1ccc(COC(c2ccccc2)[C@H](C)CO)cc1. The van der Waals surface area contributed by atoms with Crippen LogP contribution in [-0.4, -0.2) is 18.8 Å². The van der Waals surface area contributed by atoms with Gasteiger partial charge >= 0.3 is 0 Å². The van der Waals surface area contributed by atoms with E-state index in [1.807, 2.05) is 61.5 Å². The lowest BCUT2D eigenvalue weighted by Gasteiger charge is -2.23. The minimum absolute atomic E-state index is 0.0469. The van der Waals surface area contributed by atoms with Gasteiger partial charge in [0.1, 0.15) is 5.75 Å². The summed E-state index contributed by atoms with van der Waals surface area (Å²) in [5.74, 6) is 0.882. The number of benzene rings is 2. The summed E-state index contributed by atoms with van der Waals surface area (Å²) in [6, 6.07) is 17.8. The Morgan fingerprint density at radius 1 is 1.00 bits per heavy atom. The topological polar surface area (TPSA) is 38.7 Å². The van der Waals surface area contributed by atoms with Crippen LogP contribution in [0.4, 0.5) is 0 Å². The van der Waals surface area contributed by atoms with Gasteiger partial charge in [-0.2, -0.15) is 0 Å². The van der Waals surface area contributed by atoms with E-state index in [1.54, 1.807) is 7.11 Å². The van der Waals surface area contributed by atoms with E-state index in [0.29, 0.717) is 6.61 Å². The summed E-state index contributed by atoms with van der Waals surface area (Å²) >= 11 is 0. The summed E-state index contributed by atoms with van der Waals surface area (Å²) in [5, 5.41) is 9.44. The van der Waals surface area contributed by atoms with Crippen LogP contribution in [0.5, 0.6) is 5.75 Å². The first-order valence-electron chi connectivity index (χ1n) is 7.15. The molecular formula is C18H22O3. The Kier molecular flexibility index (Phi) is 5.78. The average Bonchev–Trinajstić information content (AvgIpc) is 2.56. The van der Waals surface area contributed by atoms with Crippen LogP contribution in [0.1, 0.15) is 24.2 Å². The molecule has 3 heteroatoms. The number of hydrogen-bond acceptors (Lipinski definition) is 3. The smallest absolute Gasteiger partial charge is 0.118 e. The van der Waals surface area contributed by atoms with Gasteiger partial charge < -0.3 is 14.6 Å². The second kappa shape index (κ2) is 7.81. The Balaban J connectivity index is 2.05. The van der Waals surface area contributed by atoms with Crippen LogP contribution in [0.3, 0.4) is 0 Å². The van der Waals surface area contributed by atoms with Gasteiger partial charge in [-0.05, 0) is 23.3 Å². The van der Waals surface area contributed by atoms with Gasteiger partial charge in [0.25, 0.3) is 0 Å². The zero-order valence-electron chi connectivity index (χ0n) is 12.5. The second-order valence-corrected chi connectivity index (χ2v) is 5.15. The van der Waals surface area contributed by atoms with Crippen molar-refractivity contribution >= 4 is 0 Å². The van der Waals surface area contributed by atoms with E-state index in [9.17, 15) is 5.11 Å². The predicted octanol–water partition coefficient (Wildman–Crippen LogP) is 3.58. The molecule has 1 unspecified atom stereocenters. The van der Waals surface area contributed by atoms with E-state index >= 15 is 0 Å². The van der Waals surface area contributed by atoms with Crippen molar-refractivity contribution < 1.29 is 14.6 Å². The zero-order valence-corrected chi connectivity index (χ0v) is 12.5. The molecule has 0 spiro atoms. The van der Waals surface area contributed by atoms with Crippen molar-refractivity contribution in [1.29, 1.82) is 0 Å². The van der Waals surface area contributed by atoms with Crippen LogP contribution >= 0.6 is 0 Å². The summed E-state index contributed by atoms with van der Waals surface area (Å²) in [6.45, 7) is 2.60. The molecule has 0 heterocycles. The van der Waals surface area contributed by atoms with Crippen molar-refractivity contribution in [1.82, 2.24) is 0 Å². The Bertz CT molecular complexity index is 522. The first-order chi connectivity index (χ1) is 10.2. The second-order valence-electron chi connectivity index (χ2n) is 5.15. The molecule has 0 radical (unpaired) electrons. The molecule has 0 saturated carbocycles. The molecule has 0 bridgehead atoms. The molecule has 21 heavy (non-hydrogen) atoms. The molecule has 0 saturated heterocycles.